The van der Waals surface area contributed by atoms with Crippen LogP contribution in [0.25, 0.3) is 0 Å². The van der Waals surface area contributed by atoms with E-state index in [1.165, 1.54) is 12.1 Å². The zero-order chi connectivity index (χ0) is 14.0. The van der Waals surface area contributed by atoms with Crippen LogP contribution in [-0.2, 0) is 5.11 Å². The Morgan fingerprint density at radius 1 is 0.895 bits per heavy atom. The highest BCUT2D eigenvalue weighted by molar-refractivity contribution is 5.94. The summed E-state index contributed by atoms with van der Waals surface area (Å²) in [6.07, 6.45) is -1.68. The Balaban J connectivity index is 2.55. The van der Waals surface area contributed by atoms with E-state index in [1.807, 2.05) is 0 Å². The van der Waals surface area contributed by atoms with Gasteiger partial charge in [-0.25, -0.2) is 28.0 Å². The van der Waals surface area contributed by atoms with Crippen LogP contribution in [0.3, 0.4) is 0 Å². The van der Waals surface area contributed by atoms with Crippen molar-refractivity contribution in [2.75, 3.05) is 4.90 Å². The van der Waals surface area contributed by atoms with E-state index in [4.69, 9.17) is 0 Å². The molecule has 2 rings (SSSR count). The predicted molar refractivity (Wildman–Crippen MR) is 61.0 cm³/mol. The SMILES string of the molecule is [O]C(=O)N(c1ccccc1)c1cc(F)c(F)c(F)c1. The first-order valence-electron chi connectivity index (χ1n) is 5.21. The van der Waals surface area contributed by atoms with Crippen LogP contribution in [0, 0.1) is 17.5 Å². The summed E-state index contributed by atoms with van der Waals surface area (Å²) in [6, 6.07) is 8.72. The maximum Gasteiger partial charge on any atom is 0.462 e. The molecule has 0 saturated carbocycles. The number of hydrogen-bond acceptors (Lipinski definition) is 1. The summed E-state index contributed by atoms with van der Waals surface area (Å²) < 4.78 is 39.1. The van der Waals surface area contributed by atoms with Crippen molar-refractivity contribution in [3.8, 4) is 0 Å². The lowest BCUT2D eigenvalue weighted by Crippen LogP contribution is -2.23. The molecule has 3 nitrogen and oxygen atoms in total. The number of nitrogens with zero attached hydrogens (tertiary/aromatic N) is 1. The second kappa shape index (κ2) is 5.01. The Hall–Kier alpha value is -2.50. The van der Waals surface area contributed by atoms with Gasteiger partial charge in [-0.15, -0.1) is 0 Å². The minimum atomic E-state index is -1.68. The molecule has 97 valence electrons. The van der Waals surface area contributed by atoms with E-state index in [1.54, 1.807) is 18.2 Å². The molecule has 0 unspecified atom stereocenters. The van der Waals surface area contributed by atoms with Crippen LogP contribution in [-0.4, -0.2) is 6.09 Å². The molecule has 1 radical (unpaired) electrons. The van der Waals surface area contributed by atoms with E-state index in [0.717, 1.165) is 0 Å². The van der Waals surface area contributed by atoms with Crippen molar-refractivity contribution in [1.82, 2.24) is 0 Å². The standard InChI is InChI=1S/C13H7F3NO2/c14-10-6-9(7-11(15)12(10)16)17(13(18)19)8-4-2-1-3-5-8/h1-7H. The quantitative estimate of drug-likeness (QED) is 0.762. The van der Waals surface area contributed by atoms with Gasteiger partial charge in [0.2, 0.25) is 0 Å². The fraction of sp³-hybridized carbons (Fsp3) is 0. The molecule has 19 heavy (non-hydrogen) atoms. The lowest BCUT2D eigenvalue weighted by atomic mass is 10.2. The zero-order valence-electron chi connectivity index (χ0n) is 9.44. The van der Waals surface area contributed by atoms with Crippen molar-refractivity contribution in [2.45, 2.75) is 0 Å². The largest absolute Gasteiger partial charge is 0.462 e. The van der Waals surface area contributed by atoms with E-state index < -0.39 is 23.5 Å². The number of benzene rings is 2. The lowest BCUT2D eigenvalue weighted by Gasteiger charge is -2.18. The van der Waals surface area contributed by atoms with Crippen molar-refractivity contribution in [3.05, 3.63) is 59.9 Å². The average Bonchev–Trinajstić information content (AvgIpc) is 2.37. The number of hydrogen-bond donors (Lipinski definition) is 0. The molecule has 2 aromatic rings. The number of carbonyl (C=O) groups excluding carboxylic acids is 1. The minimum absolute atomic E-state index is 0.132. The van der Waals surface area contributed by atoms with E-state index in [2.05, 4.69) is 0 Å². The molecule has 6 heteroatoms. The van der Waals surface area contributed by atoms with Crippen LogP contribution in [0.2, 0.25) is 0 Å². The van der Waals surface area contributed by atoms with Crippen LogP contribution in [0.15, 0.2) is 42.5 Å². The summed E-state index contributed by atoms with van der Waals surface area (Å²) in [5.41, 5.74) is -0.240. The highest BCUT2D eigenvalue weighted by Crippen LogP contribution is 2.28. The molecule has 0 fully saturated rings. The monoisotopic (exact) mass is 266 g/mol. The first kappa shape index (κ1) is 12.9. The second-order valence-corrected chi connectivity index (χ2v) is 3.66. The van der Waals surface area contributed by atoms with Crippen LogP contribution < -0.4 is 4.90 Å². The molecular formula is C13H7F3NO2. The number of para-hydroxylation sites is 1. The zero-order valence-corrected chi connectivity index (χ0v) is 9.44. The Morgan fingerprint density at radius 2 is 1.42 bits per heavy atom. The van der Waals surface area contributed by atoms with Gasteiger partial charge < -0.3 is 0 Å². The van der Waals surface area contributed by atoms with Crippen molar-refractivity contribution in [2.24, 2.45) is 0 Å². The fourth-order valence-corrected chi connectivity index (χ4v) is 1.61. The third-order valence-electron chi connectivity index (χ3n) is 2.42. The van der Waals surface area contributed by atoms with Crippen molar-refractivity contribution >= 4 is 17.5 Å². The first-order chi connectivity index (χ1) is 9.00. The van der Waals surface area contributed by atoms with E-state index >= 15 is 0 Å². The highest BCUT2D eigenvalue weighted by atomic mass is 19.2. The second-order valence-electron chi connectivity index (χ2n) is 3.66. The predicted octanol–water partition coefficient (Wildman–Crippen LogP) is 3.79. The number of anilines is 2. The van der Waals surface area contributed by atoms with Gasteiger partial charge in [-0.3, -0.25) is 0 Å². The van der Waals surface area contributed by atoms with Crippen molar-refractivity contribution < 1.29 is 23.1 Å². The van der Waals surface area contributed by atoms with Gasteiger partial charge >= 0.3 is 6.09 Å². The van der Waals surface area contributed by atoms with E-state index in [0.29, 0.717) is 17.0 Å². The Morgan fingerprint density at radius 3 is 1.89 bits per heavy atom. The van der Waals surface area contributed by atoms with Crippen molar-refractivity contribution in [3.63, 3.8) is 0 Å². The molecule has 0 aromatic heterocycles. The van der Waals surface area contributed by atoms with Crippen LogP contribution in [0.1, 0.15) is 0 Å². The van der Waals surface area contributed by atoms with Gasteiger partial charge in [-0.2, -0.15) is 0 Å². The molecule has 2 aromatic carbocycles. The third-order valence-corrected chi connectivity index (χ3v) is 2.42. The summed E-state index contributed by atoms with van der Waals surface area (Å²) in [7, 11) is 0. The van der Waals surface area contributed by atoms with Gasteiger partial charge in [0.05, 0.1) is 11.4 Å². The molecule has 0 heterocycles. The van der Waals surface area contributed by atoms with Gasteiger partial charge in [0.25, 0.3) is 0 Å². The van der Waals surface area contributed by atoms with Crippen molar-refractivity contribution in [1.29, 1.82) is 0 Å². The van der Waals surface area contributed by atoms with Gasteiger partial charge in [0.1, 0.15) is 0 Å². The first-order valence-corrected chi connectivity index (χ1v) is 5.21. The molecule has 0 N–H and O–H groups in total. The van der Waals surface area contributed by atoms with Crippen LogP contribution in [0.4, 0.5) is 29.3 Å². The molecule has 1 amide bonds. The number of amides is 1. The van der Waals surface area contributed by atoms with Crippen LogP contribution in [0.5, 0.6) is 0 Å². The van der Waals surface area contributed by atoms with Gasteiger partial charge in [-0.1, -0.05) is 18.2 Å². The summed E-state index contributed by atoms with van der Waals surface area (Å²) in [5.74, 6) is -4.61. The maximum absolute atomic E-state index is 13.1. The molecule has 0 aliphatic carbocycles. The van der Waals surface area contributed by atoms with Gasteiger partial charge in [0.15, 0.2) is 17.5 Å². The molecule has 0 atom stereocenters. The summed E-state index contributed by atoms with van der Waals surface area (Å²) in [5, 5.41) is 11.1. The molecule has 0 aliphatic rings. The fourth-order valence-electron chi connectivity index (χ4n) is 1.61. The number of carbonyl (C=O) groups is 1. The Kier molecular flexibility index (Phi) is 3.41. The number of rotatable bonds is 2. The van der Waals surface area contributed by atoms with E-state index in [-0.39, 0.29) is 11.4 Å². The Bertz CT molecular complexity index is 594. The minimum Gasteiger partial charge on any atom is -0.243 e. The molecular weight excluding hydrogens is 259 g/mol. The van der Waals surface area contributed by atoms with Gasteiger partial charge in [0, 0.05) is 12.1 Å². The number of halogens is 3. The topological polar surface area (TPSA) is 40.2 Å². The third kappa shape index (κ3) is 2.52. The van der Waals surface area contributed by atoms with Gasteiger partial charge in [-0.05, 0) is 12.1 Å². The summed E-state index contributed by atoms with van der Waals surface area (Å²) in [6.45, 7) is 0. The smallest absolute Gasteiger partial charge is 0.243 e. The Labute approximate surface area is 106 Å². The maximum atomic E-state index is 13.1. The molecule has 0 bridgehead atoms. The summed E-state index contributed by atoms with van der Waals surface area (Å²) >= 11 is 0. The molecule has 0 spiro atoms. The van der Waals surface area contributed by atoms with E-state index in [9.17, 15) is 23.1 Å². The molecule has 0 saturated heterocycles. The summed E-state index contributed by atoms with van der Waals surface area (Å²) in [4.78, 5) is 11.6. The average molecular weight is 266 g/mol. The normalized spacial score (nSPS) is 10.3. The highest BCUT2D eigenvalue weighted by Gasteiger charge is 2.22. The lowest BCUT2D eigenvalue weighted by molar-refractivity contribution is 0.179. The molecule has 0 aliphatic heterocycles. The van der Waals surface area contributed by atoms with Crippen LogP contribution >= 0.6 is 0 Å².